The number of rotatable bonds is 6. The Hall–Kier alpha value is -1.56. The van der Waals surface area contributed by atoms with Crippen LogP contribution < -0.4 is 5.73 Å². The minimum atomic E-state index is -0.319. The van der Waals surface area contributed by atoms with Gasteiger partial charge >= 0.3 is 5.97 Å². The molecule has 0 aliphatic rings. The van der Waals surface area contributed by atoms with Crippen molar-refractivity contribution in [2.75, 3.05) is 25.9 Å². The smallest absolute Gasteiger partial charge is 0.307 e. The van der Waals surface area contributed by atoms with Crippen LogP contribution in [0.15, 0.2) is 11.4 Å². The molecule has 0 aromatic carbocycles. The third-order valence-corrected chi connectivity index (χ3v) is 3.49. The SMILES string of the molecule is COC(=O)CCN(CC(C)C)C(=O)c1sccc1N. The van der Waals surface area contributed by atoms with Crippen molar-refractivity contribution >= 4 is 28.9 Å². The zero-order valence-corrected chi connectivity index (χ0v) is 12.3. The van der Waals surface area contributed by atoms with E-state index in [1.807, 2.05) is 13.8 Å². The summed E-state index contributed by atoms with van der Waals surface area (Å²) in [7, 11) is 1.34. The lowest BCUT2D eigenvalue weighted by atomic mass is 10.2. The summed E-state index contributed by atoms with van der Waals surface area (Å²) >= 11 is 1.32. The molecule has 6 heteroatoms. The summed E-state index contributed by atoms with van der Waals surface area (Å²) in [4.78, 5) is 25.8. The molecule has 0 unspecified atom stereocenters. The van der Waals surface area contributed by atoms with Crippen LogP contribution in [-0.2, 0) is 9.53 Å². The molecule has 106 valence electrons. The summed E-state index contributed by atoms with van der Waals surface area (Å²) in [5, 5.41) is 1.79. The van der Waals surface area contributed by atoms with Crippen molar-refractivity contribution in [3.8, 4) is 0 Å². The highest BCUT2D eigenvalue weighted by molar-refractivity contribution is 7.12. The predicted octanol–water partition coefficient (Wildman–Crippen LogP) is 1.99. The summed E-state index contributed by atoms with van der Waals surface area (Å²) in [6, 6.07) is 1.71. The van der Waals surface area contributed by atoms with Crippen molar-refractivity contribution in [2.24, 2.45) is 5.92 Å². The van der Waals surface area contributed by atoms with Crippen molar-refractivity contribution in [3.63, 3.8) is 0 Å². The van der Waals surface area contributed by atoms with Crippen molar-refractivity contribution < 1.29 is 14.3 Å². The predicted molar refractivity (Wildman–Crippen MR) is 76.1 cm³/mol. The second-order valence-electron chi connectivity index (χ2n) is 4.68. The molecule has 0 aliphatic heterocycles. The van der Waals surface area contributed by atoms with E-state index in [9.17, 15) is 9.59 Å². The van der Waals surface area contributed by atoms with Gasteiger partial charge in [-0.2, -0.15) is 0 Å². The number of carbonyl (C=O) groups is 2. The van der Waals surface area contributed by atoms with E-state index in [2.05, 4.69) is 4.74 Å². The van der Waals surface area contributed by atoms with Crippen molar-refractivity contribution in [1.29, 1.82) is 0 Å². The standard InChI is InChI=1S/C13H20N2O3S/c1-9(2)8-15(6-4-11(16)18-3)13(17)12-10(14)5-7-19-12/h5,7,9H,4,6,8,14H2,1-3H3. The molecule has 1 aromatic rings. The summed E-state index contributed by atoms with van der Waals surface area (Å²) in [6.07, 6.45) is 0.195. The van der Waals surface area contributed by atoms with Crippen LogP contribution in [0.3, 0.4) is 0 Å². The van der Waals surface area contributed by atoms with Gasteiger partial charge in [-0.15, -0.1) is 11.3 Å². The van der Waals surface area contributed by atoms with Crippen LogP contribution in [0.25, 0.3) is 0 Å². The molecule has 0 atom stereocenters. The lowest BCUT2D eigenvalue weighted by Gasteiger charge is -2.23. The number of anilines is 1. The number of carbonyl (C=O) groups excluding carboxylic acids is 2. The number of amides is 1. The van der Waals surface area contributed by atoms with Gasteiger partial charge in [0.2, 0.25) is 0 Å². The molecule has 0 fully saturated rings. The van der Waals surface area contributed by atoms with Crippen LogP contribution in [0.5, 0.6) is 0 Å². The van der Waals surface area contributed by atoms with Gasteiger partial charge in [0, 0.05) is 13.1 Å². The average Bonchev–Trinajstić information content (AvgIpc) is 2.78. The molecule has 0 radical (unpaired) electrons. The van der Waals surface area contributed by atoms with Gasteiger partial charge in [-0.3, -0.25) is 9.59 Å². The molecular formula is C13H20N2O3S. The topological polar surface area (TPSA) is 72.6 Å². The van der Waals surface area contributed by atoms with Crippen molar-refractivity contribution in [3.05, 3.63) is 16.3 Å². The normalized spacial score (nSPS) is 10.5. The van der Waals surface area contributed by atoms with Crippen molar-refractivity contribution in [2.45, 2.75) is 20.3 Å². The quantitative estimate of drug-likeness (QED) is 0.811. The van der Waals surface area contributed by atoms with Gasteiger partial charge in [-0.25, -0.2) is 0 Å². The highest BCUT2D eigenvalue weighted by atomic mass is 32.1. The van der Waals surface area contributed by atoms with Crippen LogP contribution in [0.1, 0.15) is 29.9 Å². The van der Waals surface area contributed by atoms with E-state index in [1.54, 1.807) is 16.3 Å². The van der Waals surface area contributed by atoms with Crippen LogP contribution in [0.2, 0.25) is 0 Å². The molecule has 0 aliphatic carbocycles. The molecule has 0 bridgehead atoms. The maximum atomic E-state index is 12.4. The zero-order chi connectivity index (χ0) is 14.4. The Morgan fingerprint density at radius 3 is 2.63 bits per heavy atom. The lowest BCUT2D eigenvalue weighted by molar-refractivity contribution is -0.140. The van der Waals surface area contributed by atoms with E-state index < -0.39 is 0 Å². The number of esters is 1. The highest BCUT2D eigenvalue weighted by Crippen LogP contribution is 2.21. The lowest BCUT2D eigenvalue weighted by Crippen LogP contribution is -2.36. The number of hydrogen-bond donors (Lipinski definition) is 1. The fourth-order valence-corrected chi connectivity index (χ4v) is 2.47. The second-order valence-corrected chi connectivity index (χ2v) is 5.59. The molecule has 1 aromatic heterocycles. The van der Waals surface area contributed by atoms with Crippen LogP contribution in [0.4, 0.5) is 5.69 Å². The number of methoxy groups -OCH3 is 1. The largest absolute Gasteiger partial charge is 0.469 e. The first-order valence-electron chi connectivity index (χ1n) is 6.14. The van der Waals surface area contributed by atoms with Gasteiger partial charge in [0.15, 0.2) is 0 Å². The first-order valence-corrected chi connectivity index (χ1v) is 7.02. The van der Waals surface area contributed by atoms with Crippen LogP contribution in [0, 0.1) is 5.92 Å². The monoisotopic (exact) mass is 284 g/mol. The third-order valence-electron chi connectivity index (χ3n) is 2.58. The van der Waals surface area contributed by atoms with Gasteiger partial charge in [-0.1, -0.05) is 13.8 Å². The Kier molecular flexibility index (Phi) is 5.82. The Bertz CT molecular complexity index is 443. The van der Waals surface area contributed by atoms with E-state index in [-0.39, 0.29) is 18.3 Å². The second kappa shape index (κ2) is 7.13. The number of nitrogen functional groups attached to an aromatic ring is 1. The van der Waals surface area contributed by atoms with E-state index in [4.69, 9.17) is 5.73 Å². The molecule has 0 saturated carbocycles. The molecule has 0 spiro atoms. The number of nitrogens with zero attached hydrogens (tertiary/aromatic N) is 1. The van der Waals surface area contributed by atoms with Gasteiger partial charge < -0.3 is 15.4 Å². The first-order chi connectivity index (χ1) is 8.95. The van der Waals surface area contributed by atoms with E-state index in [1.165, 1.54) is 18.4 Å². The number of thiophene rings is 1. The van der Waals surface area contributed by atoms with E-state index in [0.717, 1.165) is 0 Å². The number of ether oxygens (including phenoxy) is 1. The van der Waals surface area contributed by atoms with E-state index >= 15 is 0 Å². The minimum Gasteiger partial charge on any atom is -0.469 e. The zero-order valence-electron chi connectivity index (χ0n) is 11.5. The fraction of sp³-hybridized carbons (Fsp3) is 0.538. The van der Waals surface area contributed by atoms with Gasteiger partial charge in [-0.05, 0) is 17.4 Å². The molecule has 5 nitrogen and oxygen atoms in total. The molecule has 1 rings (SSSR count). The summed E-state index contributed by atoms with van der Waals surface area (Å²) < 4.78 is 4.60. The third kappa shape index (κ3) is 4.55. The number of nitrogens with two attached hydrogens (primary N) is 1. The Morgan fingerprint density at radius 1 is 1.47 bits per heavy atom. The molecule has 19 heavy (non-hydrogen) atoms. The number of hydrogen-bond acceptors (Lipinski definition) is 5. The summed E-state index contributed by atoms with van der Waals surface area (Å²) in [6.45, 7) is 4.99. The van der Waals surface area contributed by atoms with Crippen LogP contribution in [-0.4, -0.2) is 37.0 Å². The van der Waals surface area contributed by atoms with Crippen molar-refractivity contribution in [1.82, 2.24) is 4.90 Å². The van der Waals surface area contributed by atoms with Gasteiger partial charge in [0.25, 0.3) is 5.91 Å². The Balaban J connectivity index is 2.76. The first kappa shape index (κ1) is 15.5. The minimum absolute atomic E-state index is 0.120. The van der Waals surface area contributed by atoms with Gasteiger partial charge in [0.05, 0.1) is 19.2 Å². The molecule has 2 N–H and O–H groups in total. The molecule has 1 heterocycles. The average molecular weight is 284 g/mol. The summed E-state index contributed by atoms with van der Waals surface area (Å²) in [5.74, 6) is -0.117. The van der Waals surface area contributed by atoms with E-state index in [0.29, 0.717) is 29.6 Å². The molecule has 1 amide bonds. The maximum absolute atomic E-state index is 12.4. The maximum Gasteiger partial charge on any atom is 0.307 e. The fourth-order valence-electron chi connectivity index (χ4n) is 1.68. The summed E-state index contributed by atoms with van der Waals surface area (Å²) in [5.41, 5.74) is 6.25. The highest BCUT2D eigenvalue weighted by Gasteiger charge is 2.21. The van der Waals surface area contributed by atoms with Crippen LogP contribution >= 0.6 is 11.3 Å². The molecule has 0 saturated heterocycles. The van der Waals surface area contributed by atoms with Gasteiger partial charge in [0.1, 0.15) is 4.88 Å². The Labute approximate surface area is 117 Å². The molecular weight excluding hydrogens is 264 g/mol. The Morgan fingerprint density at radius 2 is 2.16 bits per heavy atom.